The third kappa shape index (κ3) is 4.22. The topological polar surface area (TPSA) is 32.3 Å². The molecular formula is C21H20Cl2N2O. The fourth-order valence-electron chi connectivity index (χ4n) is 3.44. The van der Waals surface area contributed by atoms with Crippen molar-refractivity contribution in [2.24, 2.45) is 0 Å². The molecule has 0 radical (unpaired) electrons. The molecule has 1 amide bonds. The predicted molar refractivity (Wildman–Crippen MR) is 108 cm³/mol. The summed E-state index contributed by atoms with van der Waals surface area (Å²) in [5.74, 6) is 2.59. The van der Waals surface area contributed by atoms with Gasteiger partial charge in [-0.25, -0.2) is 0 Å². The number of carbonyl (C=O) groups excluding carboxylic acids is 1. The molecule has 0 spiro atoms. The van der Waals surface area contributed by atoms with E-state index in [9.17, 15) is 4.79 Å². The summed E-state index contributed by atoms with van der Waals surface area (Å²) in [6.07, 6.45) is 7.95. The second-order valence-corrected chi connectivity index (χ2v) is 7.14. The van der Waals surface area contributed by atoms with Crippen LogP contribution in [-0.2, 0) is 11.2 Å². The molecular weight excluding hydrogens is 367 g/mol. The molecule has 1 N–H and O–H groups in total. The summed E-state index contributed by atoms with van der Waals surface area (Å²) in [4.78, 5) is 14.6. The van der Waals surface area contributed by atoms with Gasteiger partial charge in [-0.2, -0.15) is 0 Å². The standard InChI is InChI=1S/C21H20Cl2N2O/c1-2-13-25(19-11-10-15-6-3-4-7-16(15)19)14-12-20(26)24-21-17(22)8-5-9-18(21)23/h1,3-9,19H,10-14H2,(H,24,26). The van der Waals surface area contributed by atoms with Crippen LogP contribution in [0.5, 0.6) is 0 Å². The minimum absolute atomic E-state index is 0.131. The van der Waals surface area contributed by atoms with Gasteiger partial charge in [0.15, 0.2) is 0 Å². The normalized spacial score (nSPS) is 15.5. The SMILES string of the molecule is C#CCN(CCC(=O)Nc1c(Cl)cccc1Cl)C1CCc2ccccc21. The number of nitrogens with zero attached hydrogens (tertiary/aromatic N) is 1. The fraction of sp³-hybridized carbons (Fsp3) is 0.286. The molecule has 1 aliphatic carbocycles. The van der Waals surface area contributed by atoms with Crippen molar-refractivity contribution in [3.05, 3.63) is 63.6 Å². The Morgan fingerprint density at radius 3 is 2.65 bits per heavy atom. The fourth-order valence-corrected chi connectivity index (χ4v) is 3.93. The lowest BCUT2D eigenvalue weighted by Crippen LogP contribution is -2.31. The predicted octanol–water partition coefficient (Wildman–Crippen LogP) is 4.94. The average Bonchev–Trinajstić information content (AvgIpc) is 3.06. The van der Waals surface area contributed by atoms with Gasteiger partial charge in [-0.1, -0.05) is 59.5 Å². The minimum Gasteiger partial charge on any atom is -0.324 e. The number of amides is 1. The van der Waals surface area contributed by atoms with E-state index in [0.717, 1.165) is 12.8 Å². The average molecular weight is 387 g/mol. The molecule has 1 atom stereocenters. The first-order chi connectivity index (χ1) is 12.6. The Morgan fingerprint density at radius 2 is 1.92 bits per heavy atom. The van der Waals surface area contributed by atoms with Crippen LogP contribution in [0.3, 0.4) is 0 Å². The Balaban J connectivity index is 1.65. The summed E-state index contributed by atoms with van der Waals surface area (Å²) in [5.41, 5.74) is 3.14. The van der Waals surface area contributed by atoms with Crippen LogP contribution in [0.15, 0.2) is 42.5 Å². The van der Waals surface area contributed by atoms with E-state index in [2.05, 4.69) is 40.4 Å². The van der Waals surface area contributed by atoms with Crippen LogP contribution >= 0.6 is 23.2 Å². The highest BCUT2D eigenvalue weighted by Gasteiger charge is 2.27. The van der Waals surface area contributed by atoms with Gasteiger partial charge in [0, 0.05) is 19.0 Å². The third-order valence-electron chi connectivity index (χ3n) is 4.69. The van der Waals surface area contributed by atoms with Crippen LogP contribution in [-0.4, -0.2) is 23.9 Å². The number of anilines is 1. The van der Waals surface area contributed by atoms with Crippen molar-refractivity contribution in [2.75, 3.05) is 18.4 Å². The van der Waals surface area contributed by atoms with Gasteiger partial charge in [-0.05, 0) is 36.1 Å². The highest BCUT2D eigenvalue weighted by atomic mass is 35.5. The van der Waals surface area contributed by atoms with E-state index in [1.54, 1.807) is 18.2 Å². The molecule has 0 heterocycles. The Labute approximate surface area is 164 Å². The molecule has 26 heavy (non-hydrogen) atoms. The number of aryl methyl sites for hydroxylation is 1. The minimum atomic E-state index is -0.131. The van der Waals surface area contributed by atoms with Crippen molar-refractivity contribution < 1.29 is 4.79 Å². The Bertz CT molecular complexity index is 824. The number of nitrogens with one attached hydrogen (secondary N) is 1. The molecule has 2 aromatic rings. The maximum Gasteiger partial charge on any atom is 0.225 e. The number of para-hydroxylation sites is 1. The van der Waals surface area contributed by atoms with Crippen molar-refractivity contribution in [3.8, 4) is 12.3 Å². The summed E-state index contributed by atoms with van der Waals surface area (Å²) in [6.45, 7) is 1.09. The first kappa shape index (κ1) is 18.8. The van der Waals surface area contributed by atoms with Crippen molar-refractivity contribution >= 4 is 34.8 Å². The maximum absolute atomic E-state index is 12.4. The number of benzene rings is 2. The molecule has 0 aliphatic heterocycles. The lowest BCUT2D eigenvalue weighted by Gasteiger charge is -2.27. The highest BCUT2D eigenvalue weighted by Crippen LogP contribution is 2.35. The van der Waals surface area contributed by atoms with E-state index in [4.69, 9.17) is 29.6 Å². The van der Waals surface area contributed by atoms with E-state index in [1.807, 2.05) is 0 Å². The van der Waals surface area contributed by atoms with E-state index < -0.39 is 0 Å². The molecule has 0 bridgehead atoms. The number of carbonyl (C=O) groups is 1. The van der Waals surface area contributed by atoms with Crippen LogP contribution in [0, 0.1) is 12.3 Å². The molecule has 3 rings (SSSR count). The smallest absolute Gasteiger partial charge is 0.225 e. The second-order valence-electron chi connectivity index (χ2n) is 6.32. The van der Waals surface area contributed by atoms with Gasteiger partial charge in [0.05, 0.1) is 22.3 Å². The second kappa shape index (κ2) is 8.60. The maximum atomic E-state index is 12.4. The van der Waals surface area contributed by atoms with Gasteiger partial charge in [0.25, 0.3) is 0 Å². The number of halogens is 2. The Morgan fingerprint density at radius 1 is 1.19 bits per heavy atom. The molecule has 1 unspecified atom stereocenters. The van der Waals surface area contributed by atoms with Crippen molar-refractivity contribution in [1.29, 1.82) is 0 Å². The summed E-state index contributed by atoms with van der Waals surface area (Å²) in [5, 5.41) is 3.66. The lowest BCUT2D eigenvalue weighted by molar-refractivity contribution is -0.116. The first-order valence-corrected chi connectivity index (χ1v) is 9.35. The van der Waals surface area contributed by atoms with Gasteiger partial charge in [-0.3, -0.25) is 9.69 Å². The monoisotopic (exact) mass is 386 g/mol. The Hall–Kier alpha value is -1.99. The van der Waals surface area contributed by atoms with E-state index in [1.165, 1.54) is 11.1 Å². The first-order valence-electron chi connectivity index (χ1n) is 8.59. The summed E-state index contributed by atoms with van der Waals surface area (Å²) >= 11 is 12.2. The van der Waals surface area contributed by atoms with Crippen LogP contribution in [0.1, 0.15) is 30.0 Å². The number of hydrogen-bond acceptors (Lipinski definition) is 2. The summed E-state index contributed by atoms with van der Waals surface area (Å²) in [6, 6.07) is 13.8. The largest absolute Gasteiger partial charge is 0.324 e. The summed E-state index contributed by atoms with van der Waals surface area (Å²) in [7, 11) is 0. The Kier molecular flexibility index (Phi) is 6.21. The molecule has 5 heteroatoms. The van der Waals surface area contributed by atoms with Gasteiger partial charge in [0.1, 0.15) is 0 Å². The number of terminal acetylenes is 1. The molecule has 3 nitrogen and oxygen atoms in total. The number of fused-ring (bicyclic) bond motifs is 1. The number of hydrogen-bond donors (Lipinski definition) is 1. The van der Waals surface area contributed by atoms with Gasteiger partial charge < -0.3 is 5.32 Å². The van der Waals surface area contributed by atoms with Gasteiger partial charge in [0.2, 0.25) is 5.91 Å². The van der Waals surface area contributed by atoms with Crippen LogP contribution in [0.2, 0.25) is 10.0 Å². The molecule has 0 saturated carbocycles. The van der Waals surface area contributed by atoms with Gasteiger partial charge in [-0.15, -0.1) is 6.42 Å². The van der Waals surface area contributed by atoms with Crippen molar-refractivity contribution in [1.82, 2.24) is 4.90 Å². The van der Waals surface area contributed by atoms with Gasteiger partial charge >= 0.3 is 0 Å². The highest BCUT2D eigenvalue weighted by molar-refractivity contribution is 6.39. The lowest BCUT2D eigenvalue weighted by atomic mass is 10.1. The van der Waals surface area contributed by atoms with E-state index in [0.29, 0.717) is 35.2 Å². The molecule has 0 saturated heterocycles. The molecule has 2 aromatic carbocycles. The number of rotatable bonds is 6. The quantitative estimate of drug-likeness (QED) is 0.712. The zero-order valence-electron chi connectivity index (χ0n) is 14.3. The molecule has 0 fully saturated rings. The van der Waals surface area contributed by atoms with E-state index in [-0.39, 0.29) is 11.9 Å². The van der Waals surface area contributed by atoms with Crippen LogP contribution in [0.25, 0.3) is 0 Å². The zero-order chi connectivity index (χ0) is 18.5. The van der Waals surface area contributed by atoms with Crippen LogP contribution in [0.4, 0.5) is 5.69 Å². The van der Waals surface area contributed by atoms with Crippen molar-refractivity contribution in [2.45, 2.75) is 25.3 Å². The zero-order valence-corrected chi connectivity index (χ0v) is 15.9. The van der Waals surface area contributed by atoms with Crippen LogP contribution < -0.4 is 5.32 Å². The summed E-state index contributed by atoms with van der Waals surface area (Å²) < 4.78 is 0. The van der Waals surface area contributed by atoms with E-state index >= 15 is 0 Å². The molecule has 1 aliphatic rings. The molecule has 134 valence electrons. The third-order valence-corrected chi connectivity index (χ3v) is 5.32. The van der Waals surface area contributed by atoms with Crippen molar-refractivity contribution in [3.63, 3.8) is 0 Å². The molecule has 0 aromatic heterocycles.